The Kier molecular flexibility index (Phi) is 7.12. The summed E-state index contributed by atoms with van der Waals surface area (Å²) in [5.74, 6) is -1.11. The number of amides is 2. The lowest BCUT2D eigenvalue weighted by molar-refractivity contribution is -0.125. The maximum Gasteiger partial charge on any atom is 0.270 e. The van der Waals surface area contributed by atoms with Crippen LogP contribution in [0.15, 0.2) is 59.8 Å². The summed E-state index contributed by atoms with van der Waals surface area (Å²) in [6, 6.07) is 15.0. The molecule has 0 saturated heterocycles. The van der Waals surface area contributed by atoms with E-state index in [1.807, 2.05) is 6.07 Å². The molecule has 2 amide bonds. The van der Waals surface area contributed by atoms with E-state index in [2.05, 4.69) is 15.8 Å². The minimum absolute atomic E-state index is 0.293. The van der Waals surface area contributed by atoms with Crippen molar-refractivity contribution in [3.8, 4) is 0 Å². The first-order chi connectivity index (χ1) is 12.1. The van der Waals surface area contributed by atoms with E-state index in [0.717, 1.165) is 11.8 Å². The fourth-order valence-corrected chi connectivity index (χ4v) is 1.93. The van der Waals surface area contributed by atoms with Crippen LogP contribution < -0.4 is 10.6 Å². The molecule has 0 heterocycles. The first-order valence-corrected chi connectivity index (χ1v) is 7.66. The number of para-hydroxylation sites is 1. The molecule has 0 aliphatic heterocycles. The van der Waals surface area contributed by atoms with Crippen LogP contribution in [0.1, 0.15) is 5.56 Å². The first kappa shape index (κ1) is 18.1. The van der Waals surface area contributed by atoms with Gasteiger partial charge in [-0.05, 0) is 36.2 Å². The molecule has 2 aromatic carbocycles. The Morgan fingerprint density at radius 3 is 2.52 bits per heavy atom. The Morgan fingerprint density at radius 2 is 1.80 bits per heavy atom. The van der Waals surface area contributed by atoms with Gasteiger partial charge in [0.05, 0.1) is 0 Å². The van der Waals surface area contributed by atoms with Gasteiger partial charge in [-0.3, -0.25) is 9.59 Å². The maximum absolute atomic E-state index is 12.8. The lowest BCUT2D eigenvalue weighted by Crippen LogP contribution is -2.29. The Balaban J connectivity index is 1.59. The monoisotopic (exact) mass is 343 g/mol. The Bertz CT molecular complexity index is 718. The Morgan fingerprint density at radius 1 is 1.08 bits per heavy atom. The standard InChI is InChI=1S/C18H18FN3O3/c19-15-8-6-14(7-9-15)10-11-20-18(24)13-25-21-12-17(23)22-16-4-2-1-3-5-16/h1-9,12H,10-11,13H2,(H,20,24)(H,22,23)/b21-12+. The summed E-state index contributed by atoms with van der Waals surface area (Å²) in [5.41, 5.74) is 1.55. The SMILES string of the molecule is O=C(/C=N/OCC(=O)NCCc1ccc(F)cc1)Nc1ccccc1. The van der Waals surface area contributed by atoms with Gasteiger partial charge in [0.2, 0.25) is 0 Å². The lowest BCUT2D eigenvalue weighted by Gasteiger charge is -2.04. The van der Waals surface area contributed by atoms with E-state index < -0.39 is 5.91 Å². The number of nitrogens with zero attached hydrogens (tertiary/aromatic N) is 1. The van der Waals surface area contributed by atoms with Gasteiger partial charge in [-0.15, -0.1) is 0 Å². The number of hydrogen-bond donors (Lipinski definition) is 2. The normalized spacial score (nSPS) is 10.4. The fraction of sp³-hybridized carbons (Fsp3) is 0.167. The van der Waals surface area contributed by atoms with Gasteiger partial charge >= 0.3 is 0 Å². The third-order valence-electron chi connectivity index (χ3n) is 3.13. The molecule has 0 bridgehead atoms. The summed E-state index contributed by atoms with van der Waals surface area (Å²) in [4.78, 5) is 27.9. The molecule has 0 aliphatic carbocycles. The first-order valence-electron chi connectivity index (χ1n) is 7.66. The molecule has 7 heteroatoms. The molecule has 0 radical (unpaired) electrons. The third kappa shape index (κ3) is 7.26. The predicted molar refractivity (Wildman–Crippen MR) is 92.6 cm³/mol. The molecular weight excluding hydrogens is 325 g/mol. The van der Waals surface area contributed by atoms with Crippen molar-refractivity contribution in [2.75, 3.05) is 18.5 Å². The van der Waals surface area contributed by atoms with E-state index >= 15 is 0 Å². The van der Waals surface area contributed by atoms with Crippen molar-refractivity contribution >= 4 is 23.7 Å². The lowest BCUT2D eigenvalue weighted by atomic mass is 10.1. The molecule has 0 atom stereocenters. The van der Waals surface area contributed by atoms with Crippen LogP contribution in [0.25, 0.3) is 0 Å². The van der Waals surface area contributed by atoms with Gasteiger partial charge in [0.1, 0.15) is 12.0 Å². The van der Waals surface area contributed by atoms with Crippen LogP contribution in [-0.2, 0) is 20.8 Å². The van der Waals surface area contributed by atoms with Crippen LogP contribution in [0.4, 0.5) is 10.1 Å². The summed E-state index contributed by atoms with van der Waals surface area (Å²) in [6.07, 6.45) is 1.54. The zero-order valence-electron chi connectivity index (χ0n) is 13.4. The van der Waals surface area contributed by atoms with Gasteiger partial charge in [0.15, 0.2) is 6.61 Å². The van der Waals surface area contributed by atoms with Crippen molar-refractivity contribution in [2.45, 2.75) is 6.42 Å². The Labute approximate surface area is 144 Å². The number of nitrogens with one attached hydrogen (secondary N) is 2. The molecule has 2 aromatic rings. The van der Waals surface area contributed by atoms with E-state index in [1.54, 1.807) is 36.4 Å². The van der Waals surface area contributed by atoms with E-state index in [-0.39, 0.29) is 18.3 Å². The highest BCUT2D eigenvalue weighted by atomic mass is 19.1. The zero-order chi connectivity index (χ0) is 17.9. The van der Waals surface area contributed by atoms with Gasteiger partial charge in [-0.25, -0.2) is 4.39 Å². The van der Waals surface area contributed by atoms with Gasteiger partial charge in [-0.2, -0.15) is 0 Å². The molecule has 2 rings (SSSR count). The molecule has 0 unspecified atom stereocenters. The summed E-state index contributed by atoms with van der Waals surface area (Å²) in [5, 5.41) is 8.68. The number of hydrogen-bond acceptors (Lipinski definition) is 4. The van der Waals surface area contributed by atoms with Gasteiger partial charge in [0.25, 0.3) is 11.8 Å². The van der Waals surface area contributed by atoms with Crippen molar-refractivity contribution in [3.63, 3.8) is 0 Å². The molecule has 6 nitrogen and oxygen atoms in total. The van der Waals surface area contributed by atoms with Crippen LogP contribution in [0.5, 0.6) is 0 Å². The van der Waals surface area contributed by atoms with E-state index in [0.29, 0.717) is 18.7 Å². The largest absolute Gasteiger partial charge is 0.386 e. The zero-order valence-corrected chi connectivity index (χ0v) is 13.4. The van der Waals surface area contributed by atoms with Crippen LogP contribution in [0, 0.1) is 5.82 Å². The van der Waals surface area contributed by atoms with E-state index in [1.165, 1.54) is 12.1 Å². The van der Waals surface area contributed by atoms with Crippen molar-refractivity contribution < 1.29 is 18.8 Å². The molecule has 25 heavy (non-hydrogen) atoms. The smallest absolute Gasteiger partial charge is 0.270 e. The van der Waals surface area contributed by atoms with Crippen molar-refractivity contribution in [1.29, 1.82) is 0 Å². The number of carbonyl (C=O) groups is 2. The van der Waals surface area contributed by atoms with Crippen molar-refractivity contribution in [3.05, 3.63) is 66.0 Å². The second kappa shape index (κ2) is 9.82. The second-order valence-corrected chi connectivity index (χ2v) is 5.09. The number of carbonyl (C=O) groups excluding carboxylic acids is 2. The van der Waals surface area contributed by atoms with Crippen molar-refractivity contribution in [1.82, 2.24) is 5.32 Å². The van der Waals surface area contributed by atoms with Gasteiger partial charge in [0, 0.05) is 12.2 Å². The quantitative estimate of drug-likeness (QED) is 0.569. The predicted octanol–water partition coefficient (Wildman–Crippen LogP) is 2.13. The topological polar surface area (TPSA) is 79.8 Å². The minimum Gasteiger partial charge on any atom is -0.386 e. The number of benzene rings is 2. The molecule has 130 valence electrons. The Hall–Kier alpha value is -3.22. The molecule has 0 saturated carbocycles. The third-order valence-corrected chi connectivity index (χ3v) is 3.13. The summed E-state index contributed by atoms with van der Waals surface area (Å²) < 4.78 is 12.8. The maximum atomic E-state index is 12.8. The van der Waals surface area contributed by atoms with Crippen molar-refractivity contribution in [2.24, 2.45) is 5.16 Å². The number of oxime groups is 1. The number of halogens is 1. The van der Waals surface area contributed by atoms with Gasteiger partial charge < -0.3 is 15.5 Å². The van der Waals surface area contributed by atoms with E-state index in [9.17, 15) is 14.0 Å². The van der Waals surface area contributed by atoms with Crippen LogP contribution in [0.2, 0.25) is 0 Å². The molecule has 0 aliphatic rings. The second-order valence-electron chi connectivity index (χ2n) is 5.09. The number of rotatable bonds is 8. The average molecular weight is 343 g/mol. The van der Waals surface area contributed by atoms with Crippen LogP contribution >= 0.6 is 0 Å². The molecule has 0 spiro atoms. The molecular formula is C18H18FN3O3. The summed E-state index contributed by atoms with van der Waals surface area (Å²) in [7, 11) is 0. The van der Waals surface area contributed by atoms with Gasteiger partial charge in [-0.1, -0.05) is 35.5 Å². The van der Waals surface area contributed by atoms with Crippen LogP contribution in [-0.4, -0.2) is 31.2 Å². The minimum atomic E-state index is -0.456. The highest BCUT2D eigenvalue weighted by Gasteiger charge is 2.02. The average Bonchev–Trinajstić information content (AvgIpc) is 2.61. The number of anilines is 1. The van der Waals surface area contributed by atoms with E-state index in [4.69, 9.17) is 4.84 Å². The molecule has 0 fully saturated rings. The highest BCUT2D eigenvalue weighted by Crippen LogP contribution is 2.04. The highest BCUT2D eigenvalue weighted by molar-refractivity contribution is 6.31. The molecule has 2 N–H and O–H groups in total. The van der Waals surface area contributed by atoms with Crippen LogP contribution in [0.3, 0.4) is 0 Å². The molecule has 0 aromatic heterocycles. The fourth-order valence-electron chi connectivity index (χ4n) is 1.93. The summed E-state index contributed by atoms with van der Waals surface area (Å²) >= 11 is 0. The summed E-state index contributed by atoms with van der Waals surface area (Å²) in [6.45, 7) is 0.102.